The molecule has 3 rings (SSSR count). The zero-order chi connectivity index (χ0) is 18.1. The topological polar surface area (TPSA) is 58.4 Å². The Labute approximate surface area is 148 Å². The van der Waals surface area contributed by atoms with E-state index in [4.69, 9.17) is 4.98 Å². The van der Waals surface area contributed by atoms with Gasteiger partial charge in [0.25, 0.3) is 0 Å². The van der Waals surface area contributed by atoms with Gasteiger partial charge in [0.05, 0.1) is 17.5 Å². The molecule has 6 heteroatoms. The summed E-state index contributed by atoms with van der Waals surface area (Å²) in [6.45, 7) is 8.31. The Bertz CT molecular complexity index is 801. The maximum absolute atomic E-state index is 12.6. The molecule has 0 N–H and O–H groups in total. The molecule has 0 saturated carbocycles. The first-order valence-electron chi connectivity index (χ1n) is 8.85. The summed E-state index contributed by atoms with van der Waals surface area (Å²) in [7, 11) is 2.03. The van der Waals surface area contributed by atoms with Gasteiger partial charge < -0.3 is 14.4 Å². The molecule has 1 aliphatic rings. The van der Waals surface area contributed by atoms with Crippen molar-refractivity contribution in [1.82, 2.24) is 19.4 Å². The number of benzene rings is 1. The van der Waals surface area contributed by atoms with Crippen molar-refractivity contribution >= 4 is 22.8 Å². The zero-order valence-electron chi connectivity index (χ0n) is 15.5. The summed E-state index contributed by atoms with van der Waals surface area (Å²) in [4.78, 5) is 32.3. The number of hydrogen-bond donors (Lipinski definition) is 0. The van der Waals surface area contributed by atoms with Crippen molar-refractivity contribution in [2.75, 3.05) is 26.2 Å². The number of aryl methyl sites for hydroxylation is 1. The summed E-state index contributed by atoms with van der Waals surface area (Å²) < 4.78 is 2.12. The lowest BCUT2D eigenvalue weighted by Gasteiger charge is -2.34. The van der Waals surface area contributed by atoms with E-state index in [2.05, 4.69) is 18.4 Å². The van der Waals surface area contributed by atoms with E-state index < -0.39 is 0 Å². The molecule has 0 radical (unpaired) electrons. The zero-order valence-corrected chi connectivity index (χ0v) is 15.5. The fourth-order valence-electron chi connectivity index (χ4n) is 3.45. The fraction of sp³-hybridized carbons (Fsp3) is 0.526. The van der Waals surface area contributed by atoms with E-state index >= 15 is 0 Å². The third-order valence-electron chi connectivity index (χ3n) is 4.93. The van der Waals surface area contributed by atoms with Gasteiger partial charge in [-0.1, -0.05) is 19.9 Å². The Kier molecular flexibility index (Phi) is 4.79. The van der Waals surface area contributed by atoms with Crippen LogP contribution in [0.15, 0.2) is 18.2 Å². The predicted octanol–water partition coefficient (Wildman–Crippen LogP) is 1.93. The van der Waals surface area contributed by atoms with Crippen LogP contribution in [0.25, 0.3) is 11.0 Å². The van der Waals surface area contributed by atoms with Crippen LogP contribution in [-0.4, -0.2) is 57.3 Å². The maximum Gasteiger partial charge on any atom is 0.227 e. The normalized spacial score (nSPS) is 15.2. The van der Waals surface area contributed by atoms with Crippen LogP contribution >= 0.6 is 0 Å². The summed E-state index contributed by atoms with van der Waals surface area (Å²) in [5, 5.41) is 0. The molecular formula is C19H26N4O2. The van der Waals surface area contributed by atoms with Gasteiger partial charge in [0.2, 0.25) is 11.8 Å². The quantitative estimate of drug-likeness (QED) is 0.856. The van der Waals surface area contributed by atoms with E-state index in [1.54, 1.807) is 11.8 Å². The molecular weight excluding hydrogens is 316 g/mol. The lowest BCUT2D eigenvalue weighted by Crippen LogP contribution is -2.50. The van der Waals surface area contributed by atoms with Crippen LogP contribution in [0, 0.1) is 0 Å². The van der Waals surface area contributed by atoms with Crippen LogP contribution in [0.1, 0.15) is 38.1 Å². The van der Waals surface area contributed by atoms with Gasteiger partial charge in [-0.15, -0.1) is 0 Å². The van der Waals surface area contributed by atoms with Crippen LogP contribution < -0.4 is 0 Å². The SMILES string of the molecule is CC(=O)N1CCN(C(=O)Cc2ccc3c(c2)nc(C(C)C)n3C)CC1. The summed E-state index contributed by atoms with van der Waals surface area (Å²) in [5.41, 5.74) is 3.02. The Hall–Kier alpha value is -2.37. The summed E-state index contributed by atoms with van der Waals surface area (Å²) in [6.07, 6.45) is 0.379. The number of aromatic nitrogens is 2. The highest BCUT2D eigenvalue weighted by Crippen LogP contribution is 2.22. The molecule has 0 atom stereocenters. The first-order chi connectivity index (χ1) is 11.9. The molecule has 0 spiro atoms. The van der Waals surface area contributed by atoms with E-state index in [0.29, 0.717) is 38.5 Å². The lowest BCUT2D eigenvalue weighted by atomic mass is 10.1. The van der Waals surface area contributed by atoms with Gasteiger partial charge in [-0.2, -0.15) is 0 Å². The summed E-state index contributed by atoms with van der Waals surface area (Å²) in [5.74, 6) is 1.61. The van der Waals surface area contributed by atoms with Gasteiger partial charge in [-0.3, -0.25) is 9.59 Å². The van der Waals surface area contributed by atoms with Crippen molar-refractivity contribution in [3.05, 3.63) is 29.6 Å². The Morgan fingerprint density at radius 3 is 2.36 bits per heavy atom. The van der Waals surface area contributed by atoms with Crippen molar-refractivity contribution < 1.29 is 9.59 Å². The van der Waals surface area contributed by atoms with Gasteiger partial charge in [0.1, 0.15) is 5.82 Å². The molecule has 2 aromatic rings. The van der Waals surface area contributed by atoms with Gasteiger partial charge in [-0.05, 0) is 17.7 Å². The standard InChI is InChI=1S/C19H26N4O2/c1-13(2)19-20-16-11-15(5-6-17(16)21(19)4)12-18(25)23-9-7-22(8-10-23)14(3)24/h5-6,11,13H,7-10,12H2,1-4H3. The minimum Gasteiger partial charge on any atom is -0.339 e. The van der Waals surface area contributed by atoms with Crippen molar-refractivity contribution in [3.8, 4) is 0 Å². The predicted molar refractivity (Wildman–Crippen MR) is 97.3 cm³/mol. The highest BCUT2D eigenvalue weighted by Gasteiger charge is 2.22. The molecule has 1 aliphatic heterocycles. The van der Waals surface area contributed by atoms with Crippen LogP contribution in [0.4, 0.5) is 0 Å². The van der Waals surface area contributed by atoms with Gasteiger partial charge in [0.15, 0.2) is 0 Å². The number of fused-ring (bicyclic) bond motifs is 1. The van der Waals surface area contributed by atoms with E-state index in [1.807, 2.05) is 30.1 Å². The molecule has 2 heterocycles. The molecule has 134 valence electrons. The molecule has 2 amide bonds. The largest absolute Gasteiger partial charge is 0.339 e. The molecule has 1 aromatic heterocycles. The molecule has 0 aliphatic carbocycles. The smallest absolute Gasteiger partial charge is 0.227 e. The number of amides is 2. The first-order valence-corrected chi connectivity index (χ1v) is 8.85. The second kappa shape index (κ2) is 6.86. The molecule has 1 saturated heterocycles. The number of carbonyl (C=O) groups is 2. The van der Waals surface area contributed by atoms with Crippen LogP contribution in [0.5, 0.6) is 0 Å². The molecule has 1 fully saturated rings. The van der Waals surface area contributed by atoms with E-state index in [-0.39, 0.29) is 11.8 Å². The van der Waals surface area contributed by atoms with Crippen molar-refractivity contribution in [2.24, 2.45) is 7.05 Å². The minimum absolute atomic E-state index is 0.0775. The van der Waals surface area contributed by atoms with Crippen molar-refractivity contribution in [3.63, 3.8) is 0 Å². The Morgan fingerprint density at radius 1 is 1.12 bits per heavy atom. The van der Waals surface area contributed by atoms with Gasteiger partial charge >= 0.3 is 0 Å². The lowest BCUT2D eigenvalue weighted by molar-refractivity contribution is -0.138. The van der Waals surface area contributed by atoms with Crippen molar-refractivity contribution in [1.29, 1.82) is 0 Å². The number of nitrogens with zero attached hydrogens (tertiary/aromatic N) is 4. The third-order valence-corrected chi connectivity index (χ3v) is 4.93. The van der Waals surface area contributed by atoms with E-state index in [0.717, 1.165) is 22.4 Å². The van der Waals surface area contributed by atoms with E-state index in [1.165, 1.54) is 0 Å². The molecule has 1 aromatic carbocycles. The summed E-state index contributed by atoms with van der Waals surface area (Å²) >= 11 is 0. The average Bonchev–Trinajstić information content (AvgIpc) is 2.91. The third kappa shape index (κ3) is 3.52. The Balaban J connectivity index is 1.70. The number of hydrogen-bond acceptors (Lipinski definition) is 3. The monoisotopic (exact) mass is 342 g/mol. The number of carbonyl (C=O) groups excluding carboxylic acids is 2. The van der Waals surface area contributed by atoms with Crippen LogP contribution in [-0.2, 0) is 23.1 Å². The maximum atomic E-state index is 12.6. The van der Waals surface area contributed by atoms with Gasteiger partial charge in [-0.25, -0.2) is 4.98 Å². The van der Waals surface area contributed by atoms with Crippen LogP contribution in [0.2, 0.25) is 0 Å². The highest BCUT2D eigenvalue weighted by atomic mass is 16.2. The Morgan fingerprint density at radius 2 is 1.76 bits per heavy atom. The number of imidazole rings is 1. The number of piperazine rings is 1. The summed E-state index contributed by atoms with van der Waals surface area (Å²) in [6, 6.07) is 6.08. The minimum atomic E-state index is 0.0775. The second-order valence-electron chi connectivity index (χ2n) is 7.07. The molecule has 0 unspecified atom stereocenters. The van der Waals surface area contributed by atoms with Gasteiger partial charge in [0, 0.05) is 46.1 Å². The van der Waals surface area contributed by atoms with Crippen molar-refractivity contribution in [2.45, 2.75) is 33.1 Å². The molecule has 6 nitrogen and oxygen atoms in total. The second-order valence-corrected chi connectivity index (χ2v) is 7.07. The molecule has 25 heavy (non-hydrogen) atoms. The van der Waals surface area contributed by atoms with E-state index in [9.17, 15) is 9.59 Å². The molecule has 0 bridgehead atoms. The highest BCUT2D eigenvalue weighted by molar-refractivity contribution is 5.82. The van der Waals surface area contributed by atoms with Crippen LogP contribution in [0.3, 0.4) is 0 Å². The average molecular weight is 342 g/mol. The first kappa shape index (κ1) is 17.5. The fourth-order valence-corrected chi connectivity index (χ4v) is 3.45. The number of rotatable bonds is 3.